The second kappa shape index (κ2) is 18.6. The highest BCUT2D eigenvalue weighted by atomic mass is 31.2. The van der Waals surface area contributed by atoms with Gasteiger partial charge in [0.1, 0.15) is 24.4 Å². The summed E-state index contributed by atoms with van der Waals surface area (Å²) in [6.45, 7) is 1.62. The van der Waals surface area contributed by atoms with E-state index in [0.29, 0.717) is 0 Å². The Balaban J connectivity index is 0. The van der Waals surface area contributed by atoms with E-state index in [-0.39, 0.29) is 12.9 Å². The van der Waals surface area contributed by atoms with Crippen LogP contribution in [0.4, 0.5) is 0 Å². The van der Waals surface area contributed by atoms with Crippen LogP contribution in [0.2, 0.25) is 0 Å². The lowest BCUT2D eigenvalue weighted by Crippen LogP contribution is -2.46. The molecule has 28 heavy (non-hydrogen) atoms. The van der Waals surface area contributed by atoms with Crippen LogP contribution in [0.1, 0.15) is 64.7 Å². The van der Waals surface area contributed by atoms with Crippen LogP contribution in [0.3, 0.4) is 0 Å². The molecular weight excluding hydrogens is 395 g/mol. The van der Waals surface area contributed by atoms with Crippen LogP contribution < -0.4 is 0 Å². The summed E-state index contributed by atoms with van der Waals surface area (Å²) in [6.07, 6.45) is 3.78. The first-order valence-electron chi connectivity index (χ1n) is 9.59. The van der Waals surface area contributed by atoms with Gasteiger partial charge in [-0.05, 0) is 6.42 Å². The van der Waals surface area contributed by atoms with E-state index in [2.05, 4.69) is 11.4 Å². The van der Waals surface area contributed by atoms with E-state index in [0.717, 1.165) is 19.3 Å². The van der Waals surface area contributed by atoms with Crippen LogP contribution >= 0.6 is 7.82 Å². The third kappa shape index (κ3) is 18.9. The summed E-state index contributed by atoms with van der Waals surface area (Å²) in [5, 5.41) is 43.5. The Kier molecular flexibility index (Phi) is 19.8. The zero-order chi connectivity index (χ0) is 22.0. The Morgan fingerprint density at radius 3 is 1.71 bits per heavy atom. The largest absolute Gasteiger partial charge is 0.469 e. The van der Waals surface area contributed by atoms with E-state index in [9.17, 15) is 9.36 Å². The average molecular weight is 432 g/mol. The number of carbonyl (C=O) groups is 1. The number of aliphatic hydroxyl groups excluding tert-OH is 5. The molecule has 0 aliphatic carbocycles. The van der Waals surface area contributed by atoms with Gasteiger partial charge in [0.05, 0.1) is 13.2 Å². The van der Waals surface area contributed by atoms with Crippen molar-refractivity contribution < 1.29 is 49.2 Å². The number of phosphoric ester groups is 1. The van der Waals surface area contributed by atoms with Gasteiger partial charge in [0, 0.05) is 0 Å². The topological polar surface area (TPSA) is 185 Å². The molecule has 0 rings (SSSR count). The number of aliphatic hydroxyl groups is 5. The maximum absolute atomic E-state index is 10.3. The maximum Gasteiger partial charge on any atom is 0.469 e. The molecule has 0 aromatic heterocycles. The SMILES string of the molecule is CCCCCCCCCCCOP(=O)(O)O.O=C[C@H](O)[C@@H](O)[C@H](O)[C@H](O)CO. The summed E-state index contributed by atoms with van der Waals surface area (Å²) in [4.78, 5) is 26.8. The van der Waals surface area contributed by atoms with Crippen molar-refractivity contribution in [2.45, 2.75) is 89.1 Å². The Bertz CT molecular complexity index is 403. The fourth-order valence-electron chi connectivity index (χ4n) is 2.21. The van der Waals surface area contributed by atoms with Crippen molar-refractivity contribution >= 4 is 14.1 Å². The molecule has 170 valence electrons. The normalized spacial score (nSPS) is 15.9. The first-order chi connectivity index (χ1) is 13.1. The van der Waals surface area contributed by atoms with Crippen molar-refractivity contribution in [3.63, 3.8) is 0 Å². The zero-order valence-electron chi connectivity index (χ0n) is 16.5. The van der Waals surface area contributed by atoms with E-state index in [1.807, 2.05) is 0 Å². The van der Waals surface area contributed by atoms with Crippen LogP contribution in [-0.4, -0.2) is 79.2 Å². The molecule has 10 nitrogen and oxygen atoms in total. The van der Waals surface area contributed by atoms with Gasteiger partial charge in [-0.2, -0.15) is 0 Å². The number of hydrogen-bond donors (Lipinski definition) is 7. The van der Waals surface area contributed by atoms with Crippen LogP contribution in [0.15, 0.2) is 0 Å². The van der Waals surface area contributed by atoms with Crippen molar-refractivity contribution in [1.82, 2.24) is 0 Å². The van der Waals surface area contributed by atoms with Crippen molar-refractivity contribution in [1.29, 1.82) is 0 Å². The first kappa shape index (κ1) is 29.8. The molecule has 0 amide bonds. The van der Waals surface area contributed by atoms with Gasteiger partial charge in [-0.15, -0.1) is 0 Å². The molecule has 0 unspecified atom stereocenters. The van der Waals surface area contributed by atoms with Crippen molar-refractivity contribution in [3.05, 3.63) is 0 Å². The fraction of sp³-hybridized carbons (Fsp3) is 0.941. The molecule has 0 aromatic rings. The molecule has 7 N–H and O–H groups in total. The summed E-state index contributed by atoms with van der Waals surface area (Å²) in [7, 11) is -4.24. The highest BCUT2D eigenvalue weighted by molar-refractivity contribution is 7.46. The number of aldehydes is 1. The number of phosphoric acid groups is 1. The molecule has 0 heterocycles. The molecule has 0 saturated heterocycles. The highest BCUT2D eigenvalue weighted by Crippen LogP contribution is 2.35. The number of rotatable bonds is 16. The predicted molar refractivity (Wildman–Crippen MR) is 102 cm³/mol. The van der Waals surface area contributed by atoms with Gasteiger partial charge in [-0.25, -0.2) is 4.57 Å². The van der Waals surface area contributed by atoms with E-state index < -0.39 is 38.8 Å². The van der Waals surface area contributed by atoms with Crippen molar-refractivity contribution in [2.75, 3.05) is 13.2 Å². The lowest BCUT2D eigenvalue weighted by Gasteiger charge is -2.22. The van der Waals surface area contributed by atoms with Crippen LogP contribution in [0, 0.1) is 0 Å². The smallest absolute Gasteiger partial charge is 0.394 e. The molecule has 0 saturated carbocycles. The van der Waals surface area contributed by atoms with Gasteiger partial charge < -0.3 is 40.1 Å². The number of hydrogen-bond acceptors (Lipinski definition) is 8. The van der Waals surface area contributed by atoms with Gasteiger partial charge in [-0.3, -0.25) is 4.52 Å². The van der Waals surface area contributed by atoms with Gasteiger partial charge in [0.15, 0.2) is 6.29 Å². The second-order valence-corrected chi connectivity index (χ2v) is 7.75. The van der Waals surface area contributed by atoms with Gasteiger partial charge >= 0.3 is 7.82 Å². The molecule has 0 radical (unpaired) electrons. The summed E-state index contributed by atoms with van der Waals surface area (Å²) in [5.74, 6) is 0. The lowest BCUT2D eigenvalue weighted by molar-refractivity contribution is -0.136. The minimum atomic E-state index is -4.24. The third-order valence-corrected chi connectivity index (χ3v) is 4.45. The predicted octanol–water partition coefficient (Wildman–Crippen LogP) is 0.248. The van der Waals surface area contributed by atoms with Crippen molar-refractivity contribution in [2.24, 2.45) is 0 Å². The average Bonchev–Trinajstić information content (AvgIpc) is 2.66. The molecular formula is C17H37O10P. The minimum Gasteiger partial charge on any atom is -0.394 e. The maximum atomic E-state index is 10.3. The van der Waals surface area contributed by atoms with Crippen LogP contribution in [0.25, 0.3) is 0 Å². The van der Waals surface area contributed by atoms with Crippen LogP contribution in [0.5, 0.6) is 0 Å². The molecule has 0 bridgehead atoms. The monoisotopic (exact) mass is 432 g/mol. The van der Waals surface area contributed by atoms with Gasteiger partial charge in [0.2, 0.25) is 0 Å². The zero-order valence-corrected chi connectivity index (χ0v) is 17.4. The van der Waals surface area contributed by atoms with Gasteiger partial charge in [0.25, 0.3) is 0 Å². The van der Waals surface area contributed by atoms with Crippen LogP contribution in [-0.2, 0) is 13.9 Å². The summed E-state index contributed by atoms with van der Waals surface area (Å²) >= 11 is 0. The Morgan fingerprint density at radius 1 is 0.857 bits per heavy atom. The molecule has 4 atom stereocenters. The molecule has 0 spiro atoms. The van der Waals surface area contributed by atoms with E-state index in [1.54, 1.807) is 0 Å². The third-order valence-electron chi connectivity index (χ3n) is 3.93. The highest BCUT2D eigenvalue weighted by Gasteiger charge is 2.29. The van der Waals surface area contributed by atoms with E-state index in [1.165, 1.54) is 38.5 Å². The molecule has 0 fully saturated rings. The summed E-state index contributed by atoms with van der Waals surface area (Å²) < 4.78 is 14.7. The second-order valence-electron chi connectivity index (χ2n) is 6.51. The molecule has 0 aliphatic heterocycles. The Hall–Kier alpha value is -0.420. The Labute approximate surface area is 166 Å². The summed E-state index contributed by atoms with van der Waals surface area (Å²) in [5.41, 5.74) is 0. The number of unbranched alkanes of at least 4 members (excludes halogenated alkanes) is 8. The fourth-order valence-corrected chi connectivity index (χ4v) is 2.58. The van der Waals surface area contributed by atoms with Gasteiger partial charge in [-0.1, -0.05) is 58.3 Å². The lowest BCUT2D eigenvalue weighted by atomic mass is 10.0. The summed E-state index contributed by atoms with van der Waals surface area (Å²) in [6, 6.07) is 0. The van der Waals surface area contributed by atoms with Crippen molar-refractivity contribution in [3.8, 4) is 0 Å². The first-order valence-corrected chi connectivity index (χ1v) is 11.1. The molecule has 11 heteroatoms. The van der Waals surface area contributed by atoms with E-state index in [4.69, 9.17) is 35.3 Å². The quantitative estimate of drug-likeness (QED) is 0.101. The van der Waals surface area contributed by atoms with E-state index >= 15 is 0 Å². The molecule has 0 aromatic carbocycles. The number of carbonyl (C=O) groups excluding carboxylic acids is 1. The standard InChI is InChI=1S/C11H25O4P.C6H12O6/c1-2-3-4-5-6-7-8-9-10-11-15-16(12,13)14;7-1-3(9)5(11)6(12)4(10)2-8/h2-11H2,1H3,(H2,12,13,14);1,3-6,8-12H,2H2/t;3-,4+,5+,6+/m.0/s1. The minimum absolute atomic E-state index is 0.0258. The molecule has 0 aliphatic rings. The Morgan fingerprint density at radius 2 is 1.32 bits per heavy atom.